The van der Waals surface area contributed by atoms with Crippen molar-refractivity contribution in [2.24, 2.45) is 0 Å². The van der Waals surface area contributed by atoms with Gasteiger partial charge < -0.3 is 14.9 Å². The summed E-state index contributed by atoms with van der Waals surface area (Å²) in [5.41, 5.74) is 2.89. The van der Waals surface area contributed by atoms with Crippen molar-refractivity contribution >= 4 is 17.0 Å². The van der Waals surface area contributed by atoms with E-state index in [-0.39, 0.29) is 18.6 Å². The van der Waals surface area contributed by atoms with Gasteiger partial charge in [-0.25, -0.2) is 4.98 Å². The van der Waals surface area contributed by atoms with E-state index in [0.29, 0.717) is 28.1 Å². The molecule has 0 saturated heterocycles. The quantitative estimate of drug-likeness (QED) is 0.772. The normalized spacial score (nSPS) is 12.3. The lowest BCUT2D eigenvalue weighted by Gasteiger charge is -2.12. The van der Waals surface area contributed by atoms with Crippen molar-refractivity contribution in [1.29, 1.82) is 0 Å². The molecular formula is C17H17N3O3. The third kappa shape index (κ3) is 2.93. The van der Waals surface area contributed by atoms with Crippen LogP contribution < -0.4 is 5.32 Å². The van der Waals surface area contributed by atoms with E-state index in [9.17, 15) is 4.79 Å². The van der Waals surface area contributed by atoms with Gasteiger partial charge in [0.15, 0.2) is 0 Å². The van der Waals surface area contributed by atoms with E-state index in [1.165, 1.54) is 0 Å². The van der Waals surface area contributed by atoms with Crippen LogP contribution in [0.5, 0.6) is 0 Å². The van der Waals surface area contributed by atoms with E-state index in [1.807, 2.05) is 30.3 Å². The molecule has 3 rings (SSSR count). The van der Waals surface area contributed by atoms with E-state index < -0.39 is 0 Å². The van der Waals surface area contributed by atoms with Gasteiger partial charge in [0.1, 0.15) is 0 Å². The molecule has 2 heterocycles. The average molecular weight is 311 g/mol. The third-order valence-electron chi connectivity index (χ3n) is 3.58. The number of carbonyl (C=O) groups excluding carboxylic acids is 1. The van der Waals surface area contributed by atoms with Crippen LogP contribution in [0.1, 0.15) is 23.0 Å². The number of benzene rings is 1. The zero-order chi connectivity index (χ0) is 16.4. The number of nitrogens with one attached hydrogen (secondary N) is 1. The predicted molar refractivity (Wildman–Crippen MR) is 86.0 cm³/mol. The number of pyridine rings is 1. The number of aliphatic hydroxyl groups is 1. The van der Waals surface area contributed by atoms with Gasteiger partial charge >= 0.3 is 0 Å². The molecule has 1 atom stereocenters. The van der Waals surface area contributed by atoms with Gasteiger partial charge in [-0.05, 0) is 19.9 Å². The van der Waals surface area contributed by atoms with Crippen molar-refractivity contribution in [2.75, 3.05) is 6.61 Å². The van der Waals surface area contributed by atoms with Crippen molar-refractivity contribution in [3.63, 3.8) is 0 Å². The van der Waals surface area contributed by atoms with Crippen LogP contribution in [0.4, 0.5) is 0 Å². The number of nitrogens with zero attached hydrogens (tertiary/aromatic N) is 2. The molecule has 6 heteroatoms. The summed E-state index contributed by atoms with van der Waals surface area (Å²) in [7, 11) is 0. The molecule has 2 aromatic heterocycles. The van der Waals surface area contributed by atoms with Gasteiger partial charge in [0, 0.05) is 11.6 Å². The molecule has 0 saturated carbocycles. The number of carbonyl (C=O) groups is 1. The number of aromatic nitrogens is 2. The molecule has 6 nitrogen and oxygen atoms in total. The second kappa shape index (κ2) is 6.18. The standard InChI is InChI=1S/C17H17N3O3/c1-10(9-21)18-16(22)13-8-14(12-6-4-3-5-7-12)19-17-15(13)11(2)20-23-17/h3-8,10,21H,9H2,1-2H3,(H,18,22). The monoisotopic (exact) mass is 311 g/mol. The lowest BCUT2D eigenvalue weighted by atomic mass is 10.0. The zero-order valence-corrected chi connectivity index (χ0v) is 12.9. The second-order valence-corrected chi connectivity index (χ2v) is 5.43. The minimum absolute atomic E-state index is 0.131. The maximum Gasteiger partial charge on any atom is 0.259 e. The Morgan fingerprint density at radius 3 is 2.78 bits per heavy atom. The van der Waals surface area contributed by atoms with E-state index in [2.05, 4.69) is 15.5 Å². The summed E-state index contributed by atoms with van der Waals surface area (Å²) in [4.78, 5) is 17.0. The van der Waals surface area contributed by atoms with Crippen LogP contribution in [0.3, 0.4) is 0 Å². The molecule has 2 N–H and O–H groups in total. The fourth-order valence-corrected chi connectivity index (χ4v) is 2.38. The van der Waals surface area contributed by atoms with Gasteiger partial charge in [-0.3, -0.25) is 4.79 Å². The first-order valence-electron chi connectivity index (χ1n) is 7.34. The lowest BCUT2D eigenvalue weighted by molar-refractivity contribution is 0.0924. The first-order chi connectivity index (χ1) is 11.1. The molecule has 1 aromatic carbocycles. The van der Waals surface area contributed by atoms with Crippen molar-refractivity contribution in [3.8, 4) is 11.3 Å². The highest BCUT2D eigenvalue weighted by molar-refractivity contribution is 6.07. The summed E-state index contributed by atoms with van der Waals surface area (Å²) < 4.78 is 5.24. The van der Waals surface area contributed by atoms with Crippen molar-refractivity contribution in [2.45, 2.75) is 19.9 Å². The number of hydrogen-bond donors (Lipinski definition) is 2. The van der Waals surface area contributed by atoms with Crippen LogP contribution in [-0.4, -0.2) is 33.8 Å². The second-order valence-electron chi connectivity index (χ2n) is 5.43. The van der Waals surface area contributed by atoms with Gasteiger partial charge in [0.05, 0.1) is 28.9 Å². The minimum atomic E-state index is -0.342. The smallest absolute Gasteiger partial charge is 0.259 e. The Morgan fingerprint density at radius 2 is 2.09 bits per heavy atom. The van der Waals surface area contributed by atoms with Crippen LogP contribution >= 0.6 is 0 Å². The largest absolute Gasteiger partial charge is 0.394 e. The van der Waals surface area contributed by atoms with E-state index in [0.717, 1.165) is 5.56 Å². The average Bonchev–Trinajstić information content (AvgIpc) is 2.96. The summed E-state index contributed by atoms with van der Waals surface area (Å²) in [5.74, 6) is -0.289. The first kappa shape index (κ1) is 15.2. The summed E-state index contributed by atoms with van der Waals surface area (Å²) in [6.45, 7) is 3.37. The lowest BCUT2D eigenvalue weighted by Crippen LogP contribution is -2.35. The number of aliphatic hydroxyl groups excluding tert-OH is 1. The van der Waals surface area contributed by atoms with Gasteiger partial charge in [0.2, 0.25) is 0 Å². The Kier molecular flexibility index (Phi) is 4.08. The molecular weight excluding hydrogens is 294 g/mol. The van der Waals surface area contributed by atoms with Crippen LogP contribution in [0.15, 0.2) is 40.9 Å². The van der Waals surface area contributed by atoms with Crippen LogP contribution in [-0.2, 0) is 0 Å². The van der Waals surface area contributed by atoms with Gasteiger partial charge in [-0.2, -0.15) is 0 Å². The fraction of sp³-hybridized carbons (Fsp3) is 0.235. The predicted octanol–water partition coefficient (Wildman–Crippen LogP) is 2.31. The van der Waals surface area contributed by atoms with Crippen LogP contribution in [0, 0.1) is 6.92 Å². The van der Waals surface area contributed by atoms with Crippen molar-refractivity contribution in [1.82, 2.24) is 15.5 Å². The Morgan fingerprint density at radius 1 is 1.35 bits per heavy atom. The van der Waals surface area contributed by atoms with E-state index in [1.54, 1.807) is 19.9 Å². The molecule has 3 aromatic rings. The minimum Gasteiger partial charge on any atom is -0.394 e. The highest BCUT2D eigenvalue weighted by Crippen LogP contribution is 2.26. The molecule has 0 aliphatic carbocycles. The third-order valence-corrected chi connectivity index (χ3v) is 3.58. The molecule has 0 radical (unpaired) electrons. The van der Waals surface area contributed by atoms with Crippen LogP contribution in [0.25, 0.3) is 22.4 Å². The molecule has 0 fully saturated rings. The fourth-order valence-electron chi connectivity index (χ4n) is 2.38. The first-order valence-corrected chi connectivity index (χ1v) is 7.34. The maximum absolute atomic E-state index is 12.5. The van der Waals surface area contributed by atoms with Gasteiger partial charge in [-0.1, -0.05) is 35.5 Å². The molecule has 0 spiro atoms. The molecule has 1 unspecified atom stereocenters. The maximum atomic E-state index is 12.5. The van der Waals surface area contributed by atoms with E-state index >= 15 is 0 Å². The Balaban J connectivity index is 2.14. The summed E-state index contributed by atoms with van der Waals surface area (Å²) in [5, 5.41) is 16.4. The van der Waals surface area contributed by atoms with Crippen LogP contribution in [0.2, 0.25) is 0 Å². The van der Waals surface area contributed by atoms with Gasteiger partial charge in [-0.15, -0.1) is 0 Å². The summed E-state index contributed by atoms with van der Waals surface area (Å²) in [6.07, 6.45) is 0. The number of fused-ring (bicyclic) bond motifs is 1. The van der Waals surface area contributed by atoms with Crippen molar-refractivity contribution < 1.29 is 14.4 Å². The van der Waals surface area contributed by atoms with Crippen molar-refractivity contribution in [3.05, 3.63) is 47.7 Å². The van der Waals surface area contributed by atoms with E-state index in [4.69, 9.17) is 9.63 Å². The summed E-state index contributed by atoms with van der Waals surface area (Å²) >= 11 is 0. The SMILES string of the molecule is Cc1noc2nc(-c3ccccc3)cc(C(=O)NC(C)CO)c12. The highest BCUT2D eigenvalue weighted by Gasteiger charge is 2.20. The molecule has 23 heavy (non-hydrogen) atoms. The summed E-state index contributed by atoms with van der Waals surface area (Å²) in [6, 6.07) is 10.9. The molecule has 0 bridgehead atoms. The topological polar surface area (TPSA) is 88.2 Å². The Hall–Kier alpha value is -2.73. The Bertz CT molecular complexity index is 843. The van der Waals surface area contributed by atoms with Gasteiger partial charge in [0.25, 0.3) is 11.6 Å². The highest BCUT2D eigenvalue weighted by atomic mass is 16.5. The molecule has 0 aliphatic heterocycles. The number of hydrogen-bond acceptors (Lipinski definition) is 5. The molecule has 1 amide bonds. The number of aryl methyl sites for hydroxylation is 1. The molecule has 0 aliphatic rings. The number of rotatable bonds is 4. The number of amides is 1. The zero-order valence-electron chi connectivity index (χ0n) is 12.9. The molecule has 118 valence electrons. The Labute approximate surface area is 133 Å².